The van der Waals surface area contributed by atoms with Crippen LogP contribution in [0.15, 0.2) is 18.2 Å². The van der Waals surface area contributed by atoms with E-state index in [0.717, 1.165) is 12.8 Å². The zero-order valence-electron chi connectivity index (χ0n) is 9.15. The van der Waals surface area contributed by atoms with Crippen LogP contribution in [0.25, 0.3) is 0 Å². The normalized spacial score (nSPS) is 16.5. The number of carbonyl (C=O) groups is 1. The highest BCUT2D eigenvalue weighted by molar-refractivity contribution is 5.98. The number of carbonyl (C=O) groups excluding carboxylic acids is 1. The molecule has 16 heavy (non-hydrogen) atoms. The standard InChI is InChI=1S/C13H16O3/c14-10-5-6-11(13(16)8-10)12(15)7-9-3-1-2-4-9/h5-6,8-9,14,16H,1-4,7H2. The number of rotatable bonds is 3. The zero-order valence-corrected chi connectivity index (χ0v) is 9.15. The number of phenols is 2. The minimum absolute atomic E-state index is 0.0186. The van der Waals surface area contributed by atoms with E-state index in [-0.39, 0.29) is 17.3 Å². The van der Waals surface area contributed by atoms with Crippen molar-refractivity contribution in [1.29, 1.82) is 0 Å². The molecule has 1 aliphatic carbocycles. The maximum atomic E-state index is 11.9. The van der Waals surface area contributed by atoms with Gasteiger partial charge in [0.05, 0.1) is 5.56 Å². The lowest BCUT2D eigenvalue weighted by Crippen LogP contribution is -2.05. The summed E-state index contributed by atoms with van der Waals surface area (Å²) < 4.78 is 0. The van der Waals surface area contributed by atoms with Gasteiger partial charge in [-0.1, -0.05) is 25.7 Å². The summed E-state index contributed by atoms with van der Waals surface area (Å²) in [6.07, 6.45) is 5.16. The van der Waals surface area contributed by atoms with Crippen molar-refractivity contribution >= 4 is 5.78 Å². The second-order valence-electron chi connectivity index (χ2n) is 4.48. The van der Waals surface area contributed by atoms with Crippen LogP contribution in [0.5, 0.6) is 11.5 Å². The smallest absolute Gasteiger partial charge is 0.166 e. The number of Topliss-reactive ketones (excluding diaryl/α,β-unsaturated/α-hetero) is 1. The second-order valence-corrected chi connectivity index (χ2v) is 4.48. The number of benzene rings is 1. The lowest BCUT2D eigenvalue weighted by molar-refractivity contribution is 0.0959. The quantitative estimate of drug-likeness (QED) is 0.770. The van der Waals surface area contributed by atoms with Crippen LogP contribution in [0.3, 0.4) is 0 Å². The molecule has 86 valence electrons. The summed E-state index contributed by atoms with van der Waals surface area (Å²) in [6.45, 7) is 0. The molecule has 1 aliphatic rings. The summed E-state index contributed by atoms with van der Waals surface area (Å²) >= 11 is 0. The Morgan fingerprint density at radius 2 is 1.94 bits per heavy atom. The molecule has 0 spiro atoms. The fourth-order valence-electron chi connectivity index (χ4n) is 2.34. The third-order valence-electron chi connectivity index (χ3n) is 3.23. The number of ketones is 1. The fourth-order valence-corrected chi connectivity index (χ4v) is 2.34. The molecule has 2 rings (SSSR count). The maximum Gasteiger partial charge on any atom is 0.166 e. The van der Waals surface area contributed by atoms with Gasteiger partial charge in [-0.25, -0.2) is 0 Å². The molecule has 0 atom stereocenters. The first-order valence-electron chi connectivity index (χ1n) is 5.72. The fraction of sp³-hybridized carbons (Fsp3) is 0.462. The first-order chi connectivity index (χ1) is 7.66. The van der Waals surface area contributed by atoms with Gasteiger partial charge in [-0.2, -0.15) is 0 Å². The lowest BCUT2D eigenvalue weighted by atomic mass is 9.96. The first-order valence-corrected chi connectivity index (χ1v) is 5.72. The Balaban J connectivity index is 2.08. The average Bonchev–Trinajstić information content (AvgIpc) is 2.70. The van der Waals surface area contributed by atoms with Crippen LogP contribution in [0.4, 0.5) is 0 Å². The van der Waals surface area contributed by atoms with Crippen molar-refractivity contribution in [3.8, 4) is 11.5 Å². The molecule has 1 fully saturated rings. The zero-order chi connectivity index (χ0) is 11.5. The Labute approximate surface area is 94.7 Å². The summed E-state index contributed by atoms with van der Waals surface area (Å²) in [6, 6.07) is 4.13. The topological polar surface area (TPSA) is 57.5 Å². The van der Waals surface area contributed by atoms with Gasteiger partial charge in [0, 0.05) is 12.5 Å². The van der Waals surface area contributed by atoms with Gasteiger partial charge >= 0.3 is 0 Å². The van der Waals surface area contributed by atoms with Gasteiger partial charge in [-0.05, 0) is 18.1 Å². The Hall–Kier alpha value is -1.51. The van der Waals surface area contributed by atoms with Crippen molar-refractivity contribution in [3.63, 3.8) is 0 Å². The summed E-state index contributed by atoms with van der Waals surface area (Å²) in [5, 5.41) is 18.7. The van der Waals surface area contributed by atoms with E-state index in [1.165, 1.54) is 31.0 Å². The number of hydrogen-bond acceptors (Lipinski definition) is 3. The molecule has 0 unspecified atom stereocenters. The van der Waals surface area contributed by atoms with E-state index in [2.05, 4.69) is 0 Å². The second kappa shape index (κ2) is 4.56. The van der Waals surface area contributed by atoms with Crippen LogP contribution in [-0.2, 0) is 0 Å². The largest absolute Gasteiger partial charge is 0.508 e. The highest BCUT2D eigenvalue weighted by atomic mass is 16.3. The van der Waals surface area contributed by atoms with E-state index in [1.54, 1.807) is 0 Å². The van der Waals surface area contributed by atoms with Gasteiger partial charge in [0.2, 0.25) is 0 Å². The average molecular weight is 220 g/mol. The van der Waals surface area contributed by atoms with Crippen LogP contribution in [-0.4, -0.2) is 16.0 Å². The molecule has 0 aliphatic heterocycles. The summed E-state index contributed by atoms with van der Waals surface area (Å²) in [5.41, 5.74) is 0.324. The molecule has 0 amide bonds. The van der Waals surface area contributed by atoms with Gasteiger partial charge in [0.15, 0.2) is 5.78 Å². The third-order valence-corrected chi connectivity index (χ3v) is 3.23. The van der Waals surface area contributed by atoms with Gasteiger partial charge in [-0.3, -0.25) is 4.79 Å². The molecule has 3 heteroatoms. The lowest BCUT2D eigenvalue weighted by Gasteiger charge is -2.08. The Morgan fingerprint density at radius 1 is 1.25 bits per heavy atom. The van der Waals surface area contributed by atoms with Crippen molar-refractivity contribution in [1.82, 2.24) is 0 Å². The van der Waals surface area contributed by atoms with Gasteiger partial charge in [0.1, 0.15) is 11.5 Å². The number of aromatic hydroxyl groups is 2. The molecule has 0 bridgehead atoms. The molecular formula is C13H16O3. The van der Waals surface area contributed by atoms with Crippen LogP contribution in [0.2, 0.25) is 0 Å². The van der Waals surface area contributed by atoms with E-state index in [1.807, 2.05) is 0 Å². The summed E-state index contributed by atoms with van der Waals surface area (Å²) in [4.78, 5) is 11.9. The molecule has 3 nitrogen and oxygen atoms in total. The highest BCUT2D eigenvalue weighted by Crippen LogP contribution is 2.31. The molecule has 0 radical (unpaired) electrons. The van der Waals surface area contributed by atoms with E-state index >= 15 is 0 Å². The summed E-state index contributed by atoms with van der Waals surface area (Å²) in [7, 11) is 0. The van der Waals surface area contributed by atoms with Crippen LogP contribution in [0.1, 0.15) is 42.5 Å². The third kappa shape index (κ3) is 2.35. The molecule has 0 aromatic heterocycles. The SMILES string of the molecule is O=C(CC1CCCC1)c1ccc(O)cc1O. The van der Waals surface area contributed by atoms with Crippen molar-refractivity contribution in [2.24, 2.45) is 5.92 Å². The maximum absolute atomic E-state index is 11.9. The van der Waals surface area contributed by atoms with Crippen LogP contribution >= 0.6 is 0 Å². The Morgan fingerprint density at radius 3 is 2.56 bits per heavy atom. The molecule has 0 saturated heterocycles. The molecule has 0 heterocycles. The van der Waals surface area contributed by atoms with E-state index in [9.17, 15) is 9.90 Å². The number of hydrogen-bond donors (Lipinski definition) is 2. The van der Waals surface area contributed by atoms with Gasteiger partial charge in [0.25, 0.3) is 0 Å². The first kappa shape index (κ1) is 11.0. The van der Waals surface area contributed by atoms with E-state index in [4.69, 9.17) is 5.11 Å². The van der Waals surface area contributed by atoms with E-state index < -0.39 is 0 Å². The highest BCUT2D eigenvalue weighted by Gasteiger charge is 2.20. The molecule has 2 N–H and O–H groups in total. The van der Waals surface area contributed by atoms with Gasteiger partial charge < -0.3 is 10.2 Å². The van der Waals surface area contributed by atoms with Crippen LogP contribution in [0, 0.1) is 5.92 Å². The van der Waals surface area contributed by atoms with Crippen molar-refractivity contribution < 1.29 is 15.0 Å². The van der Waals surface area contributed by atoms with E-state index in [0.29, 0.717) is 17.9 Å². The minimum atomic E-state index is -0.122. The molecule has 1 aromatic carbocycles. The molecule has 1 aromatic rings. The van der Waals surface area contributed by atoms with Crippen molar-refractivity contribution in [2.75, 3.05) is 0 Å². The Kier molecular flexibility index (Phi) is 3.13. The van der Waals surface area contributed by atoms with Crippen LogP contribution < -0.4 is 0 Å². The summed E-state index contributed by atoms with van der Waals surface area (Å²) in [5.74, 6) is 0.308. The minimum Gasteiger partial charge on any atom is -0.508 e. The Bertz CT molecular complexity index is 392. The molecular weight excluding hydrogens is 204 g/mol. The predicted molar refractivity (Wildman–Crippen MR) is 60.7 cm³/mol. The number of phenolic OH excluding ortho intramolecular Hbond substituents is 2. The monoisotopic (exact) mass is 220 g/mol. The van der Waals surface area contributed by atoms with Gasteiger partial charge in [-0.15, -0.1) is 0 Å². The molecule has 1 saturated carbocycles. The van der Waals surface area contributed by atoms with Crippen molar-refractivity contribution in [2.45, 2.75) is 32.1 Å². The predicted octanol–water partition coefficient (Wildman–Crippen LogP) is 2.86. The van der Waals surface area contributed by atoms with Crippen molar-refractivity contribution in [3.05, 3.63) is 23.8 Å².